The van der Waals surface area contributed by atoms with Gasteiger partial charge in [-0.1, -0.05) is 23.4 Å². The molecule has 0 N–H and O–H groups in total. The number of halogens is 1. The minimum absolute atomic E-state index is 0.220. The van der Waals surface area contributed by atoms with E-state index in [0.717, 1.165) is 11.8 Å². The van der Waals surface area contributed by atoms with Crippen molar-refractivity contribution in [3.8, 4) is 11.8 Å². The number of carbonyl (C=O) groups excluding carboxylic acids is 1. The predicted molar refractivity (Wildman–Crippen MR) is 63.7 cm³/mol. The monoisotopic (exact) mass is 235 g/mol. The van der Waals surface area contributed by atoms with Crippen LogP contribution in [-0.2, 0) is 4.79 Å². The summed E-state index contributed by atoms with van der Waals surface area (Å²) in [5, 5.41) is 2.70. The molecule has 0 saturated heterocycles. The molecule has 1 rings (SSSR count). The van der Waals surface area contributed by atoms with Gasteiger partial charge in [-0.25, -0.2) is 0 Å². The average Bonchev–Trinajstić information content (AvgIpc) is 2.23. The van der Waals surface area contributed by atoms with Gasteiger partial charge in [0.1, 0.15) is 6.29 Å². The van der Waals surface area contributed by atoms with Crippen LogP contribution < -0.4 is 0 Å². The first-order valence-corrected chi connectivity index (χ1v) is 4.86. The molecule has 15 heavy (non-hydrogen) atoms. The van der Waals surface area contributed by atoms with Crippen molar-refractivity contribution in [2.75, 3.05) is 0 Å². The van der Waals surface area contributed by atoms with Crippen molar-refractivity contribution in [3.63, 3.8) is 0 Å². The second kappa shape index (κ2) is 6.10. The lowest BCUT2D eigenvalue weighted by Crippen LogP contribution is -1.76. The van der Waals surface area contributed by atoms with Crippen LogP contribution in [-0.4, -0.2) is 11.4 Å². The van der Waals surface area contributed by atoms with E-state index in [1.807, 2.05) is 0 Å². The zero-order valence-electron chi connectivity index (χ0n) is 7.66. The Morgan fingerprint density at radius 3 is 2.93 bits per heavy atom. The topological polar surface area (TPSA) is 29.4 Å². The van der Waals surface area contributed by atoms with Crippen molar-refractivity contribution in [2.45, 2.75) is 6.42 Å². The zero-order chi connectivity index (χ0) is 11.1. The molecule has 0 fully saturated rings. The summed E-state index contributed by atoms with van der Waals surface area (Å²) in [5.74, 6) is 5.49. The fourth-order valence-electron chi connectivity index (χ4n) is 0.919. The van der Waals surface area contributed by atoms with Gasteiger partial charge in [-0.05, 0) is 30.4 Å². The molecule has 74 valence electrons. The number of hydrogen-bond donors (Lipinski definition) is 0. The van der Waals surface area contributed by atoms with Crippen molar-refractivity contribution in [1.82, 2.24) is 0 Å². The van der Waals surface area contributed by atoms with E-state index in [0.29, 0.717) is 10.7 Å². The quantitative estimate of drug-likeness (QED) is 0.341. The summed E-state index contributed by atoms with van der Waals surface area (Å²) in [5.41, 5.74) is 1.30. The molecule has 0 bridgehead atoms. The fraction of sp³-hybridized carbons (Fsp3) is 0.0909. The largest absolute Gasteiger partial charge is 0.302 e. The molecule has 1 aromatic rings. The van der Waals surface area contributed by atoms with E-state index in [2.05, 4.69) is 34.2 Å². The predicted octanol–water partition coefficient (Wildman–Crippen LogP) is 3.01. The molecular weight excluding hydrogens is 230 g/mol. The number of aldehydes is 1. The highest BCUT2D eigenvalue weighted by molar-refractivity contribution is 7.78. The van der Waals surface area contributed by atoms with E-state index in [1.54, 1.807) is 18.2 Å². The third kappa shape index (κ3) is 3.65. The molecule has 0 unspecified atom stereocenters. The maximum atomic E-state index is 10.0. The van der Waals surface area contributed by atoms with E-state index in [1.165, 1.54) is 0 Å². The van der Waals surface area contributed by atoms with Gasteiger partial charge in [0.25, 0.3) is 0 Å². The van der Waals surface area contributed by atoms with Gasteiger partial charge in [0.2, 0.25) is 0 Å². The molecule has 0 spiro atoms. The first-order chi connectivity index (χ1) is 7.27. The van der Waals surface area contributed by atoms with Crippen LogP contribution in [0, 0.1) is 11.8 Å². The van der Waals surface area contributed by atoms with E-state index >= 15 is 0 Å². The van der Waals surface area contributed by atoms with E-state index in [-0.39, 0.29) is 6.42 Å². The third-order valence-corrected chi connectivity index (χ3v) is 1.93. The SMILES string of the molecule is O=CCC#Cc1ccc(N=C=S)c(Cl)c1. The summed E-state index contributed by atoms with van der Waals surface area (Å²) in [4.78, 5) is 13.8. The first kappa shape index (κ1) is 11.6. The van der Waals surface area contributed by atoms with Gasteiger partial charge in [-0.15, -0.1) is 0 Å². The molecule has 0 aromatic heterocycles. The maximum Gasteiger partial charge on any atom is 0.131 e. The van der Waals surface area contributed by atoms with Crippen LogP contribution in [0.2, 0.25) is 5.02 Å². The van der Waals surface area contributed by atoms with Crippen LogP contribution in [0.5, 0.6) is 0 Å². The van der Waals surface area contributed by atoms with Crippen molar-refractivity contribution < 1.29 is 4.79 Å². The average molecular weight is 236 g/mol. The van der Waals surface area contributed by atoms with Crippen LogP contribution >= 0.6 is 23.8 Å². The molecule has 0 saturated carbocycles. The Hall–Kier alpha value is -1.46. The van der Waals surface area contributed by atoms with Crippen LogP contribution in [0.3, 0.4) is 0 Å². The van der Waals surface area contributed by atoms with Gasteiger partial charge in [0.15, 0.2) is 0 Å². The summed E-state index contributed by atoms with van der Waals surface area (Å²) in [6, 6.07) is 5.13. The third-order valence-electron chi connectivity index (χ3n) is 1.53. The fourth-order valence-corrected chi connectivity index (χ4v) is 1.24. The molecule has 2 nitrogen and oxygen atoms in total. The Labute approximate surface area is 98.0 Å². The second-order valence-electron chi connectivity index (χ2n) is 2.54. The van der Waals surface area contributed by atoms with Gasteiger partial charge in [0.05, 0.1) is 22.3 Å². The van der Waals surface area contributed by atoms with Crippen molar-refractivity contribution in [2.24, 2.45) is 4.99 Å². The van der Waals surface area contributed by atoms with Crippen LogP contribution in [0.15, 0.2) is 23.2 Å². The molecule has 0 heterocycles. The summed E-state index contributed by atoms with van der Waals surface area (Å²) in [7, 11) is 0. The van der Waals surface area contributed by atoms with Crippen molar-refractivity contribution in [1.29, 1.82) is 0 Å². The number of thiocarbonyl (C=S) groups is 1. The number of carbonyl (C=O) groups is 1. The number of nitrogens with zero attached hydrogens (tertiary/aromatic N) is 1. The first-order valence-electron chi connectivity index (χ1n) is 4.08. The van der Waals surface area contributed by atoms with E-state index < -0.39 is 0 Å². The Morgan fingerprint density at radius 1 is 1.53 bits per heavy atom. The molecule has 0 aliphatic heterocycles. The summed E-state index contributed by atoms with van der Waals surface area (Å²) < 4.78 is 0. The van der Waals surface area contributed by atoms with E-state index in [9.17, 15) is 4.79 Å². The lowest BCUT2D eigenvalue weighted by Gasteiger charge is -1.96. The summed E-state index contributed by atoms with van der Waals surface area (Å²) in [6.45, 7) is 0. The van der Waals surface area contributed by atoms with Crippen LogP contribution in [0.4, 0.5) is 5.69 Å². The van der Waals surface area contributed by atoms with E-state index in [4.69, 9.17) is 11.6 Å². The van der Waals surface area contributed by atoms with Crippen molar-refractivity contribution >= 4 is 41.0 Å². The molecule has 0 amide bonds. The maximum absolute atomic E-state index is 10.0. The highest BCUT2D eigenvalue weighted by Crippen LogP contribution is 2.24. The summed E-state index contributed by atoms with van der Waals surface area (Å²) >= 11 is 10.4. The molecular formula is C11H6ClNOS. The van der Waals surface area contributed by atoms with Gasteiger partial charge in [0, 0.05) is 5.56 Å². The minimum Gasteiger partial charge on any atom is -0.302 e. The zero-order valence-corrected chi connectivity index (χ0v) is 9.23. The number of aliphatic imine (C=N–C) groups is 1. The van der Waals surface area contributed by atoms with Gasteiger partial charge < -0.3 is 4.79 Å². The normalized spacial score (nSPS) is 8.33. The standard InChI is InChI=1S/C11H6ClNOS/c12-10-7-9(3-1-2-6-14)4-5-11(10)13-8-15/h4-7H,2H2. The van der Waals surface area contributed by atoms with Gasteiger partial charge >= 0.3 is 0 Å². The molecule has 1 aromatic carbocycles. The molecule has 0 radical (unpaired) electrons. The smallest absolute Gasteiger partial charge is 0.131 e. The van der Waals surface area contributed by atoms with Crippen molar-refractivity contribution in [3.05, 3.63) is 28.8 Å². The van der Waals surface area contributed by atoms with Crippen LogP contribution in [0.25, 0.3) is 0 Å². The Balaban J connectivity index is 2.97. The summed E-state index contributed by atoms with van der Waals surface area (Å²) in [6.07, 6.45) is 0.969. The minimum atomic E-state index is 0.220. The lowest BCUT2D eigenvalue weighted by atomic mass is 10.2. The van der Waals surface area contributed by atoms with Gasteiger partial charge in [-0.2, -0.15) is 4.99 Å². The highest BCUT2D eigenvalue weighted by Gasteiger charge is 1.97. The Bertz CT molecular complexity index is 481. The lowest BCUT2D eigenvalue weighted by molar-refractivity contribution is -0.107. The number of hydrogen-bond acceptors (Lipinski definition) is 3. The highest BCUT2D eigenvalue weighted by atomic mass is 35.5. The molecule has 0 atom stereocenters. The number of rotatable bonds is 2. The molecule has 4 heteroatoms. The molecule has 0 aliphatic rings. The number of isothiocyanates is 1. The number of benzene rings is 1. The molecule has 0 aliphatic carbocycles. The second-order valence-corrected chi connectivity index (χ2v) is 3.13. The Kier molecular flexibility index (Phi) is 4.73. The van der Waals surface area contributed by atoms with Crippen LogP contribution in [0.1, 0.15) is 12.0 Å². The Morgan fingerprint density at radius 2 is 2.33 bits per heavy atom. The van der Waals surface area contributed by atoms with Gasteiger partial charge in [-0.3, -0.25) is 0 Å².